The van der Waals surface area contributed by atoms with E-state index in [4.69, 9.17) is 9.47 Å². The van der Waals surface area contributed by atoms with Crippen LogP contribution in [0.2, 0.25) is 0 Å². The molecule has 0 radical (unpaired) electrons. The van der Waals surface area contributed by atoms with Crippen molar-refractivity contribution in [3.8, 4) is 0 Å². The van der Waals surface area contributed by atoms with E-state index in [0.717, 1.165) is 6.42 Å². The zero-order valence-corrected chi connectivity index (χ0v) is 9.02. The average molecular weight is 172 g/mol. The molecule has 0 aromatic carbocycles. The van der Waals surface area contributed by atoms with Crippen LogP contribution in [0.3, 0.4) is 0 Å². The largest absolute Gasteiger partial charge is 0.341 e. The first-order chi connectivity index (χ1) is 5.22. The number of hydrogen-bond donors (Lipinski definition) is 0. The zero-order valence-electron chi connectivity index (χ0n) is 9.02. The summed E-state index contributed by atoms with van der Waals surface area (Å²) in [6.07, 6.45) is 0.889. The maximum atomic E-state index is 5.88. The third-order valence-electron chi connectivity index (χ3n) is 3.03. The Morgan fingerprint density at radius 2 is 1.17 bits per heavy atom. The molecule has 72 valence electrons. The molecule has 0 unspecified atom stereocenters. The summed E-state index contributed by atoms with van der Waals surface area (Å²) >= 11 is 0. The van der Waals surface area contributed by atoms with Gasteiger partial charge >= 0.3 is 0 Å². The maximum Gasteiger partial charge on any atom is 0.166 e. The van der Waals surface area contributed by atoms with Crippen LogP contribution in [0, 0.1) is 0 Å². The molecule has 2 nitrogen and oxygen atoms in total. The van der Waals surface area contributed by atoms with Gasteiger partial charge in [0.25, 0.3) is 0 Å². The van der Waals surface area contributed by atoms with Gasteiger partial charge in [0, 0.05) is 0 Å². The Kier molecular flexibility index (Phi) is 2.05. The molecule has 0 atom stereocenters. The predicted molar refractivity (Wildman–Crippen MR) is 49.0 cm³/mol. The van der Waals surface area contributed by atoms with Crippen LogP contribution in [-0.2, 0) is 9.47 Å². The van der Waals surface area contributed by atoms with Crippen LogP contribution < -0.4 is 0 Å². The molecular weight excluding hydrogens is 152 g/mol. The second kappa shape index (κ2) is 2.46. The zero-order chi connectivity index (χ0) is 9.62. The first kappa shape index (κ1) is 10.0. The molecule has 0 saturated carbocycles. The lowest BCUT2D eigenvalue weighted by Gasteiger charge is -2.30. The Hall–Kier alpha value is -0.0800. The molecular formula is C10H20O2. The Balaban J connectivity index is 2.88. The van der Waals surface area contributed by atoms with Crippen molar-refractivity contribution in [1.29, 1.82) is 0 Å². The molecule has 0 aromatic rings. The average Bonchev–Trinajstić information content (AvgIpc) is 1.99. The van der Waals surface area contributed by atoms with Crippen molar-refractivity contribution in [2.45, 2.75) is 65.0 Å². The summed E-state index contributed by atoms with van der Waals surface area (Å²) in [6, 6.07) is 0. The molecule has 0 aliphatic carbocycles. The number of ether oxygens (including phenoxy) is 2. The van der Waals surface area contributed by atoms with Crippen LogP contribution in [0.5, 0.6) is 0 Å². The van der Waals surface area contributed by atoms with E-state index < -0.39 is 5.79 Å². The normalized spacial score (nSPS) is 30.5. The topological polar surface area (TPSA) is 18.5 Å². The van der Waals surface area contributed by atoms with Crippen molar-refractivity contribution in [3.05, 3.63) is 0 Å². The SMILES string of the molecule is CCC1(C)OC(C)(C)C(C)(C)O1. The van der Waals surface area contributed by atoms with Crippen molar-refractivity contribution in [2.75, 3.05) is 0 Å². The molecule has 1 fully saturated rings. The van der Waals surface area contributed by atoms with Gasteiger partial charge in [-0.2, -0.15) is 0 Å². The summed E-state index contributed by atoms with van der Waals surface area (Å²) in [7, 11) is 0. The molecule has 2 heteroatoms. The van der Waals surface area contributed by atoms with Gasteiger partial charge in [0.1, 0.15) is 0 Å². The smallest absolute Gasteiger partial charge is 0.166 e. The second-order valence-electron chi connectivity index (χ2n) is 4.71. The van der Waals surface area contributed by atoms with E-state index in [0.29, 0.717) is 0 Å². The Bertz CT molecular complexity index is 166. The van der Waals surface area contributed by atoms with E-state index in [-0.39, 0.29) is 11.2 Å². The highest BCUT2D eigenvalue weighted by Gasteiger charge is 2.53. The molecule has 1 heterocycles. The molecule has 1 rings (SSSR count). The standard InChI is InChI=1S/C10H20O2/c1-7-10(6)11-8(2,3)9(4,5)12-10/h7H2,1-6H3. The molecule has 0 bridgehead atoms. The highest BCUT2D eigenvalue weighted by Crippen LogP contribution is 2.44. The molecule has 0 amide bonds. The van der Waals surface area contributed by atoms with Gasteiger partial charge in [0.05, 0.1) is 11.2 Å². The monoisotopic (exact) mass is 172 g/mol. The van der Waals surface area contributed by atoms with Gasteiger partial charge in [0.2, 0.25) is 0 Å². The van der Waals surface area contributed by atoms with Crippen LogP contribution >= 0.6 is 0 Å². The third kappa shape index (κ3) is 1.38. The summed E-state index contributed by atoms with van der Waals surface area (Å²) in [4.78, 5) is 0. The lowest BCUT2D eigenvalue weighted by molar-refractivity contribution is -0.179. The Labute approximate surface area is 75.2 Å². The molecule has 0 aromatic heterocycles. The molecule has 1 aliphatic rings. The van der Waals surface area contributed by atoms with Crippen molar-refractivity contribution in [1.82, 2.24) is 0 Å². The summed E-state index contributed by atoms with van der Waals surface area (Å²) in [5, 5.41) is 0. The van der Waals surface area contributed by atoms with E-state index in [1.165, 1.54) is 0 Å². The minimum absolute atomic E-state index is 0.197. The maximum absolute atomic E-state index is 5.88. The highest BCUT2D eigenvalue weighted by atomic mass is 16.8. The predicted octanol–water partition coefficient (Wildman–Crippen LogP) is 2.72. The Morgan fingerprint density at radius 1 is 0.833 bits per heavy atom. The minimum atomic E-state index is -0.396. The van der Waals surface area contributed by atoms with Crippen LogP contribution in [-0.4, -0.2) is 17.0 Å². The van der Waals surface area contributed by atoms with Gasteiger partial charge in [-0.05, 0) is 41.0 Å². The first-order valence-electron chi connectivity index (χ1n) is 4.63. The third-order valence-corrected chi connectivity index (χ3v) is 3.03. The lowest BCUT2D eigenvalue weighted by Crippen LogP contribution is -2.41. The fourth-order valence-corrected chi connectivity index (χ4v) is 1.49. The van der Waals surface area contributed by atoms with Crippen LogP contribution in [0.15, 0.2) is 0 Å². The lowest BCUT2D eigenvalue weighted by atomic mass is 9.90. The summed E-state index contributed by atoms with van der Waals surface area (Å²) in [6.45, 7) is 12.4. The number of rotatable bonds is 1. The van der Waals surface area contributed by atoms with Crippen molar-refractivity contribution >= 4 is 0 Å². The highest BCUT2D eigenvalue weighted by molar-refractivity contribution is 4.97. The van der Waals surface area contributed by atoms with Crippen molar-refractivity contribution in [3.63, 3.8) is 0 Å². The van der Waals surface area contributed by atoms with Gasteiger partial charge in [-0.15, -0.1) is 0 Å². The number of hydrogen-bond acceptors (Lipinski definition) is 2. The second-order valence-corrected chi connectivity index (χ2v) is 4.71. The fourth-order valence-electron chi connectivity index (χ4n) is 1.49. The fraction of sp³-hybridized carbons (Fsp3) is 1.00. The van der Waals surface area contributed by atoms with E-state index in [2.05, 4.69) is 34.6 Å². The van der Waals surface area contributed by atoms with Crippen molar-refractivity contribution < 1.29 is 9.47 Å². The van der Waals surface area contributed by atoms with E-state index in [1.54, 1.807) is 0 Å². The summed E-state index contributed by atoms with van der Waals surface area (Å²) in [5.74, 6) is -0.396. The van der Waals surface area contributed by atoms with Crippen LogP contribution in [0.1, 0.15) is 48.0 Å². The van der Waals surface area contributed by atoms with Crippen molar-refractivity contribution in [2.24, 2.45) is 0 Å². The van der Waals surface area contributed by atoms with Gasteiger partial charge in [-0.25, -0.2) is 0 Å². The van der Waals surface area contributed by atoms with E-state index >= 15 is 0 Å². The molecule has 0 N–H and O–H groups in total. The quantitative estimate of drug-likeness (QED) is 0.605. The van der Waals surface area contributed by atoms with Gasteiger partial charge in [0.15, 0.2) is 5.79 Å². The van der Waals surface area contributed by atoms with Crippen LogP contribution in [0.25, 0.3) is 0 Å². The van der Waals surface area contributed by atoms with Crippen LogP contribution in [0.4, 0.5) is 0 Å². The summed E-state index contributed by atoms with van der Waals surface area (Å²) in [5.41, 5.74) is -0.393. The van der Waals surface area contributed by atoms with Gasteiger partial charge in [-0.3, -0.25) is 0 Å². The van der Waals surface area contributed by atoms with E-state index in [9.17, 15) is 0 Å². The molecule has 1 aliphatic heterocycles. The minimum Gasteiger partial charge on any atom is -0.341 e. The molecule has 1 saturated heterocycles. The molecule has 12 heavy (non-hydrogen) atoms. The Morgan fingerprint density at radius 3 is 1.33 bits per heavy atom. The van der Waals surface area contributed by atoms with Gasteiger partial charge in [-0.1, -0.05) is 6.92 Å². The van der Waals surface area contributed by atoms with Gasteiger partial charge < -0.3 is 9.47 Å². The van der Waals surface area contributed by atoms with E-state index in [1.807, 2.05) is 6.92 Å². The summed E-state index contributed by atoms with van der Waals surface area (Å²) < 4.78 is 11.8. The molecule has 0 spiro atoms. The first-order valence-corrected chi connectivity index (χ1v) is 4.63.